The van der Waals surface area contributed by atoms with Crippen LogP contribution in [0.3, 0.4) is 0 Å². The number of hydrogen-bond acceptors (Lipinski definition) is 5. The van der Waals surface area contributed by atoms with E-state index in [4.69, 9.17) is 10.9 Å². The number of sulfone groups is 1. The predicted molar refractivity (Wildman–Crippen MR) is 80.7 cm³/mol. The number of piperidine rings is 1. The van der Waals surface area contributed by atoms with Crippen LogP contribution < -0.4 is 5.73 Å². The first-order valence-corrected chi connectivity index (χ1v) is 8.60. The highest BCUT2D eigenvalue weighted by atomic mass is 32.2. The van der Waals surface area contributed by atoms with Crippen molar-refractivity contribution in [2.75, 3.05) is 25.4 Å². The van der Waals surface area contributed by atoms with E-state index >= 15 is 0 Å². The second-order valence-electron chi connectivity index (χ2n) is 6.82. The first kappa shape index (κ1) is 17.2. The normalized spacial score (nSPS) is 21.9. The molecule has 0 spiro atoms. The molecular formula is C13H27N3O3S. The third-order valence-electron chi connectivity index (χ3n) is 4.29. The maximum atomic E-state index is 12.1. The lowest BCUT2D eigenvalue weighted by molar-refractivity contribution is 0.166. The highest BCUT2D eigenvalue weighted by Crippen LogP contribution is 2.31. The van der Waals surface area contributed by atoms with Gasteiger partial charge < -0.3 is 15.8 Å². The number of nitrogens with two attached hydrogens (primary N) is 1. The molecule has 0 bridgehead atoms. The third kappa shape index (κ3) is 3.85. The Kier molecular flexibility index (Phi) is 5.08. The standard InChI is InChI=1S/C13H27N3O3S/c1-12(2,3)20(18,19)10-9-16-7-5-13(4,6-8-16)11(14)15-17/h17H,5-10H2,1-4H3,(H2,14,15). The second-order valence-corrected chi connectivity index (χ2v) is 9.68. The molecule has 20 heavy (non-hydrogen) atoms. The molecule has 0 aliphatic carbocycles. The number of amidine groups is 1. The molecule has 1 saturated heterocycles. The van der Waals surface area contributed by atoms with Crippen molar-refractivity contribution >= 4 is 15.7 Å². The van der Waals surface area contributed by atoms with Crippen molar-refractivity contribution in [3.8, 4) is 0 Å². The van der Waals surface area contributed by atoms with E-state index in [0.717, 1.165) is 25.9 Å². The van der Waals surface area contributed by atoms with Gasteiger partial charge in [-0.2, -0.15) is 0 Å². The van der Waals surface area contributed by atoms with Gasteiger partial charge in [-0.1, -0.05) is 12.1 Å². The summed E-state index contributed by atoms with van der Waals surface area (Å²) in [6.07, 6.45) is 1.55. The quantitative estimate of drug-likeness (QED) is 0.350. The number of hydrogen-bond donors (Lipinski definition) is 2. The summed E-state index contributed by atoms with van der Waals surface area (Å²) in [5.41, 5.74) is 5.43. The number of likely N-dealkylation sites (tertiary alicyclic amines) is 1. The van der Waals surface area contributed by atoms with Gasteiger partial charge in [-0.05, 0) is 46.7 Å². The Morgan fingerprint density at radius 3 is 2.25 bits per heavy atom. The van der Waals surface area contributed by atoms with Crippen LogP contribution in [0.1, 0.15) is 40.5 Å². The second kappa shape index (κ2) is 5.89. The van der Waals surface area contributed by atoms with Crippen LogP contribution in [-0.4, -0.2) is 54.5 Å². The smallest absolute Gasteiger partial charge is 0.156 e. The zero-order valence-electron chi connectivity index (χ0n) is 12.9. The summed E-state index contributed by atoms with van der Waals surface area (Å²) in [6.45, 7) is 9.26. The van der Waals surface area contributed by atoms with Crippen LogP contribution >= 0.6 is 0 Å². The molecule has 0 aromatic carbocycles. The molecule has 1 rings (SSSR count). The van der Waals surface area contributed by atoms with Crippen molar-refractivity contribution < 1.29 is 13.6 Å². The van der Waals surface area contributed by atoms with Gasteiger partial charge >= 0.3 is 0 Å². The van der Waals surface area contributed by atoms with Crippen molar-refractivity contribution in [1.29, 1.82) is 0 Å². The van der Waals surface area contributed by atoms with E-state index in [1.807, 2.05) is 6.92 Å². The Morgan fingerprint density at radius 2 is 1.85 bits per heavy atom. The lowest BCUT2D eigenvalue weighted by Gasteiger charge is -2.38. The first-order chi connectivity index (χ1) is 9.02. The molecule has 118 valence electrons. The lowest BCUT2D eigenvalue weighted by Crippen LogP contribution is -2.47. The molecule has 1 aliphatic rings. The predicted octanol–water partition coefficient (Wildman–Crippen LogP) is 1.05. The number of rotatable bonds is 4. The Hall–Kier alpha value is -0.820. The summed E-state index contributed by atoms with van der Waals surface area (Å²) in [4.78, 5) is 2.13. The van der Waals surface area contributed by atoms with Crippen LogP contribution in [0.25, 0.3) is 0 Å². The Morgan fingerprint density at radius 1 is 1.35 bits per heavy atom. The van der Waals surface area contributed by atoms with Gasteiger partial charge in [0.25, 0.3) is 0 Å². The Bertz CT molecular complexity index is 458. The van der Waals surface area contributed by atoms with E-state index in [1.165, 1.54) is 0 Å². The van der Waals surface area contributed by atoms with Crippen LogP contribution in [0, 0.1) is 5.41 Å². The zero-order chi connectivity index (χ0) is 15.6. The topological polar surface area (TPSA) is 96.0 Å². The highest BCUT2D eigenvalue weighted by molar-refractivity contribution is 7.92. The molecule has 0 saturated carbocycles. The molecule has 0 amide bonds. The highest BCUT2D eigenvalue weighted by Gasteiger charge is 2.35. The molecular weight excluding hydrogens is 278 g/mol. The van der Waals surface area contributed by atoms with E-state index < -0.39 is 14.6 Å². The summed E-state index contributed by atoms with van der Waals surface area (Å²) in [6, 6.07) is 0. The fourth-order valence-electron chi connectivity index (χ4n) is 2.20. The van der Waals surface area contributed by atoms with Gasteiger partial charge in [-0.3, -0.25) is 0 Å². The molecule has 0 radical (unpaired) electrons. The third-order valence-corrected chi connectivity index (χ3v) is 6.88. The van der Waals surface area contributed by atoms with Crippen molar-refractivity contribution in [2.24, 2.45) is 16.3 Å². The molecule has 0 atom stereocenters. The minimum atomic E-state index is -3.08. The van der Waals surface area contributed by atoms with Gasteiger partial charge in [0.05, 0.1) is 10.5 Å². The molecule has 0 aromatic heterocycles. The van der Waals surface area contributed by atoms with Gasteiger partial charge in [0.15, 0.2) is 9.84 Å². The minimum Gasteiger partial charge on any atom is -0.409 e. The zero-order valence-corrected chi connectivity index (χ0v) is 13.7. The SMILES string of the molecule is CC1(C(N)=NO)CCN(CCS(=O)(=O)C(C)(C)C)CC1. The Labute approximate surface area is 121 Å². The van der Waals surface area contributed by atoms with Gasteiger partial charge in [0.1, 0.15) is 5.84 Å². The largest absolute Gasteiger partial charge is 0.409 e. The summed E-state index contributed by atoms with van der Waals surface area (Å²) < 4.78 is 23.5. The molecule has 0 aromatic rings. The van der Waals surface area contributed by atoms with E-state index in [0.29, 0.717) is 6.54 Å². The Balaban J connectivity index is 2.53. The lowest BCUT2D eigenvalue weighted by atomic mass is 9.79. The first-order valence-electron chi connectivity index (χ1n) is 6.94. The summed E-state index contributed by atoms with van der Waals surface area (Å²) in [5, 5.41) is 11.9. The minimum absolute atomic E-state index is 0.177. The van der Waals surface area contributed by atoms with Crippen molar-refractivity contribution in [3.05, 3.63) is 0 Å². The van der Waals surface area contributed by atoms with Crippen molar-refractivity contribution in [2.45, 2.75) is 45.3 Å². The summed E-state index contributed by atoms with van der Waals surface area (Å²) in [7, 11) is -3.08. The monoisotopic (exact) mass is 305 g/mol. The summed E-state index contributed by atoms with van der Waals surface area (Å²) >= 11 is 0. The maximum Gasteiger partial charge on any atom is 0.156 e. The molecule has 6 nitrogen and oxygen atoms in total. The molecule has 7 heteroatoms. The van der Waals surface area contributed by atoms with Gasteiger partial charge in [0, 0.05) is 12.0 Å². The van der Waals surface area contributed by atoms with Gasteiger partial charge in [-0.25, -0.2) is 8.42 Å². The van der Waals surface area contributed by atoms with Crippen LogP contribution in [-0.2, 0) is 9.84 Å². The molecule has 0 unspecified atom stereocenters. The van der Waals surface area contributed by atoms with Crippen molar-refractivity contribution in [3.63, 3.8) is 0 Å². The fraction of sp³-hybridized carbons (Fsp3) is 0.923. The van der Waals surface area contributed by atoms with Gasteiger partial charge in [-0.15, -0.1) is 0 Å². The van der Waals surface area contributed by atoms with E-state index in [9.17, 15) is 8.42 Å². The molecule has 1 heterocycles. The van der Waals surface area contributed by atoms with Crippen LogP contribution in [0.4, 0.5) is 0 Å². The van der Waals surface area contributed by atoms with Gasteiger partial charge in [0.2, 0.25) is 0 Å². The number of nitrogens with zero attached hydrogens (tertiary/aromatic N) is 2. The van der Waals surface area contributed by atoms with E-state index in [2.05, 4.69) is 10.1 Å². The average molecular weight is 305 g/mol. The van der Waals surface area contributed by atoms with Crippen LogP contribution in [0.15, 0.2) is 5.16 Å². The number of oxime groups is 1. The maximum absolute atomic E-state index is 12.1. The average Bonchev–Trinajstić information content (AvgIpc) is 2.36. The van der Waals surface area contributed by atoms with E-state index in [1.54, 1.807) is 20.8 Å². The molecule has 3 N–H and O–H groups in total. The summed E-state index contributed by atoms with van der Waals surface area (Å²) in [5.74, 6) is 0.441. The van der Waals surface area contributed by atoms with Crippen LogP contribution in [0.2, 0.25) is 0 Å². The molecule has 1 fully saturated rings. The fourth-order valence-corrected chi connectivity index (χ4v) is 3.31. The van der Waals surface area contributed by atoms with E-state index in [-0.39, 0.29) is 17.0 Å². The molecule has 1 aliphatic heterocycles. The van der Waals surface area contributed by atoms with Crippen molar-refractivity contribution in [1.82, 2.24) is 4.90 Å². The van der Waals surface area contributed by atoms with Crippen LogP contribution in [0.5, 0.6) is 0 Å².